The van der Waals surface area contributed by atoms with Crippen LogP contribution in [-0.2, 0) is 0 Å². The molecule has 0 aromatic heterocycles. The minimum atomic E-state index is -1.15. The van der Waals surface area contributed by atoms with Gasteiger partial charge in [-0.1, -0.05) is 11.6 Å². The molecule has 1 aromatic carbocycles. The normalized spacial score (nSPS) is 9.76. The summed E-state index contributed by atoms with van der Waals surface area (Å²) in [6, 6.07) is 3.75. The lowest BCUT2D eigenvalue weighted by molar-refractivity contribution is 0.0697. The highest BCUT2D eigenvalue weighted by Crippen LogP contribution is 2.20. The Morgan fingerprint density at radius 1 is 1.41 bits per heavy atom. The molecule has 17 heavy (non-hydrogen) atoms. The molecule has 0 aliphatic heterocycles. The van der Waals surface area contributed by atoms with Gasteiger partial charge in [0.2, 0.25) is 0 Å². The molecule has 0 saturated carbocycles. The number of benzene rings is 1. The zero-order chi connectivity index (χ0) is 12.8. The zero-order valence-electron chi connectivity index (χ0n) is 8.87. The Balaban J connectivity index is 2.75. The standard InChI is InChI=1S/C10H12ClN3O3/c11-8-2-1-6(5-7(8)9(15)16)14-10(17)13-4-3-12/h1-2,5H,3-4,12H2,(H,15,16)(H2,13,14,17). The van der Waals surface area contributed by atoms with E-state index in [2.05, 4.69) is 10.6 Å². The highest BCUT2D eigenvalue weighted by atomic mass is 35.5. The molecule has 0 radical (unpaired) electrons. The summed E-state index contributed by atoms with van der Waals surface area (Å²) in [4.78, 5) is 22.1. The maximum absolute atomic E-state index is 11.3. The van der Waals surface area contributed by atoms with Crippen molar-refractivity contribution in [2.45, 2.75) is 0 Å². The Morgan fingerprint density at radius 2 is 2.12 bits per heavy atom. The van der Waals surface area contributed by atoms with Crippen LogP contribution in [-0.4, -0.2) is 30.2 Å². The SMILES string of the molecule is NCCNC(=O)Nc1ccc(Cl)c(C(=O)O)c1. The molecule has 0 saturated heterocycles. The van der Waals surface area contributed by atoms with E-state index in [1.807, 2.05) is 0 Å². The van der Waals surface area contributed by atoms with Gasteiger partial charge in [-0.05, 0) is 18.2 Å². The lowest BCUT2D eigenvalue weighted by Crippen LogP contribution is -2.32. The number of anilines is 1. The molecule has 1 rings (SSSR count). The van der Waals surface area contributed by atoms with E-state index in [1.54, 1.807) is 0 Å². The highest BCUT2D eigenvalue weighted by molar-refractivity contribution is 6.33. The second kappa shape index (κ2) is 6.07. The fourth-order valence-corrected chi connectivity index (χ4v) is 1.33. The molecule has 92 valence electrons. The molecule has 7 heteroatoms. The van der Waals surface area contributed by atoms with Crippen molar-refractivity contribution in [3.05, 3.63) is 28.8 Å². The van der Waals surface area contributed by atoms with Crippen LogP contribution >= 0.6 is 11.6 Å². The average Bonchev–Trinajstić information content (AvgIpc) is 2.28. The number of aromatic carboxylic acids is 1. The van der Waals surface area contributed by atoms with Gasteiger partial charge in [-0.25, -0.2) is 9.59 Å². The van der Waals surface area contributed by atoms with Crippen molar-refractivity contribution in [3.8, 4) is 0 Å². The Bertz CT molecular complexity index is 437. The van der Waals surface area contributed by atoms with E-state index in [1.165, 1.54) is 18.2 Å². The van der Waals surface area contributed by atoms with Crippen molar-refractivity contribution < 1.29 is 14.7 Å². The van der Waals surface area contributed by atoms with E-state index >= 15 is 0 Å². The molecule has 5 N–H and O–H groups in total. The predicted molar refractivity (Wildman–Crippen MR) is 64.5 cm³/mol. The first-order valence-corrected chi connectivity index (χ1v) is 5.20. The number of nitrogens with two attached hydrogens (primary N) is 1. The molecular formula is C10H12ClN3O3. The number of carbonyl (C=O) groups is 2. The van der Waals surface area contributed by atoms with Crippen LogP contribution in [0.4, 0.5) is 10.5 Å². The molecular weight excluding hydrogens is 246 g/mol. The van der Waals surface area contributed by atoms with Crippen molar-refractivity contribution in [3.63, 3.8) is 0 Å². The van der Waals surface area contributed by atoms with Crippen molar-refractivity contribution in [1.82, 2.24) is 5.32 Å². The van der Waals surface area contributed by atoms with Gasteiger partial charge >= 0.3 is 12.0 Å². The summed E-state index contributed by atoms with van der Waals surface area (Å²) >= 11 is 5.69. The first-order chi connectivity index (χ1) is 8.04. The van der Waals surface area contributed by atoms with Gasteiger partial charge in [0.05, 0.1) is 10.6 Å². The third kappa shape index (κ3) is 3.93. The fraction of sp³-hybridized carbons (Fsp3) is 0.200. The summed E-state index contributed by atoms with van der Waals surface area (Å²) < 4.78 is 0. The van der Waals surface area contributed by atoms with E-state index in [0.29, 0.717) is 18.8 Å². The smallest absolute Gasteiger partial charge is 0.337 e. The van der Waals surface area contributed by atoms with E-state index in [0.717, 1.165) is 0 Å². The van der Waals surface area contributed by atoms with Gasteiger partial charge in [0.25, 0.3) is 0 Å². The third-order valence-electron chi connectivity index (χ3n) is 1.88. The Labute approximate surface area is 103 Å². The van der Waals surface area contributed by atoms with Crippen LogP contribution < -0.4 is 16.4 Å². The molecule has 6 nitrogen and oxygen atoms in total. The summed E-state index contributed by atoms with van der Waals surface area (Å²) in [5.74, 6) is -1.15. The van der Waals surface area contributed by atoms with Gasteiger partial charge in [0, 0.05) is 18.8 Å². The number of urea groups is 1. The second-order valence-corrected chi connectivity index (χ2v) is 3.58. The van der Waals surface area contributed by atoms with Gasteiger partial charge in [0.1, 0.15) is 0 Å². The predicted octanol–water partition coefficient (Wildman–Crippen LogP) is 1.12. The Morgan fingerprint density at radius 3 is 2.71 bits per heavy atom. The fourth-order valence-electron chi connectivity index (χ4n) is 1.13. The number of carboxylic acids is 1. The molecule has 0 fully saturated rings. The van der Waals surface area contributed by atoms with Crippen molar-refractivity contribution in [2.75, 3.05) is 18.4 Å². The monoisotopic (exact) mass is 257 g/mol. The van der Waals surface area contributed by atoms with Crippen molar-refractivity contribution >= 4 is 29.3 Å². The first kappa shape index (κ1) is 13.3. The molecule has 0 heterocycles. The van der Waals surface area contributed by atoms with Gasteiger partial charge < -0.3 is 21.5 Å². The average molecular weight is 258 g/mol. The summed E-state index contributed by atoms with van der Waals surface area (Å²) in [5.41, 5.74) is 5.50. The van der Waals surface area contributed by atoms with E-state index in [9.17, 15) is 9.59 Å². The quantitative estimate of drug-likeness (QED) is 0.649. The minimum Gasteiger partial charge on any atom is -0.478 e. The van der Waals surface area contributed by atoms with Gasteiger partial charge in [-0.2, -0.15) is 0 Å². The molecule has 0 atom stereocenters. The lowest BCUT2D eigenvalue weighted by Gasteiger charge is -2.07. The summed E-state index contributed by atoms with van der Waals surface area (Å²) in [6.07, 6.45) is 0. The summed E-state index contributed by atoms with van der Waals surface area (Å²) in [6.45, 7) is 0.666. The number of amides is 2. The van der Waals surface area contributed by atoms with E-state index in [4.69, 9.17) is 22.4 Å². The lowest BCUT2D eigenvalue weighted by atomic mass is 10.2. The topological polar surface area (TPSA) is 104 Å². The molecule has 0 aliphatic rings. The minimum absolute atomic E-state index is 0.0664. The zero-order valence-corrected chi connectivity index (χ0v) is 9.62. The number of rotatable bonds is 4. The van der Waals surface area contributed by atoms with Crippen molar-refractivity contribution in [1.29, 1.82) is 0 Å². The number of halogens is 1. The largest absolute Gasteiger partial charge is 0.478 e. The number of hydrogen-bond acceptors (Lipinski definition) is 3. The van der Waals surface area contributed by atoms with Gasteiger partial charge in [-0.3, -0.25) is 0 Å². The molecule has 1 aromatic rings. The van der Waals surface area contributed by atoms with E-state index < -0.39 is 12.0 Å². The van der Waals surface area contributed by atoms with Crippen LogP contribution in [0.5, 0.6) is 0 Å². The number of nitrogens with one attached hydrogen (secondary N) is 2. The number of carbonyl (C=O) groups excluding carboxylic acids is 1. The first-order valence-electron chi connectivity index (χ1n) is 4.82. The number of hydrogen-bond donors (Lipinski definition) is 4. The van der Waals surface area contributed by atoms with Crippen LogP contribution in [0.25, 0.3) is 0 Å². The molecule has 2 amide bonds. The van der Waals surface area contributed by atoms with Gasteiger partial charge in [0.15, 0.2) is 0 Å². The molecule has 0 spiro atoms. The maximum Gasteiger partial charge on any atom is 0.337 e. The maximum atomic E-state index is 11.3. The highest BCUT2D eigenvalue weighted by Gasteiger charge is 2.10. The summed E-state index contributed by atoms with van der Waals surface area (Å²) in [7, 11) is 0. The summed E-state index contributed by atoms with van der Waals surface area (Å²) in [5, 5.41) is 13.9. The van der Waals surface area contributed by atoms with Crippen LogP contribution in [0.1, 0.15) is 10.4 Å². The van der Waals surface area contributed by atoms with Crippen LogP contribution in [0, 0.1) is 0 Å². The van der Waals surface area contributed by atoms with Crippen LogP contribution in [0.3, 0.4) is 0 Å². The Kier molecular flexibility index (Phi) is 4.74. The number of carboxylic acid groups (broad SMARTS) is 1. The molecule has 0 aliphatic carbocycles. The second-order valence-electron chi connectivity index (χ2n) is 3.17. The van der Waals surface area contributed by atoms with Crippen LogP contribution in [0.2, 0.25) is 5.02 Å². The third-order valence-corrected chi connectivity index (χ3v) is 2.21. The van der Waals surface area contributed by atoms with Gasteiger partial charge in [-0.15, -0.1) is 0 Å². The molecule has 0 bridgehead atoms. The molecule has 0 unspecified atom stereocenters. The van der Waals surface area contributed by atoms with Crippen molar-refractivity contribution in [2.24, 2.45) is 5.73 Å². The van der Waals surface area contributed by atoms with Crippen LogP contribution in [0.15, 0.2) is 18.2 Å². The van der Waals surface area contributed by atoms with E-state index in [-0.39, 0.29) is 10.6 Å². The Hall–Kier alpha value is -1.79.